The van der Waals surface area contributed by atoms with Crippen LogP contribution in [0.5, 0.6) is 11.5 Å². The van der Waals surface area contributed by atoms with Crippen molar-refractivity contribution in [1.82, 2.24) is 0 Å². The minimum Gasteiger partial charge on any atom is -0.453 e. The molecule has 27 heavy (non-hydrogen) atoms. The van der Waals surface area contributed by atoms with Crippen LogP contribution in [0, 0.1) is 17.1 Å². The zero-order valence-electron chi connectivity index (χ0n) is 14.0. The van der Waals surface area contributed by atoms with Crippen molar-refractivity contribution >= 4 is 21.4 Å². The summed E-state index contributed by atoms with van der Waals surface area (Å²) in [4.78, 5) is 12.1. The Morgan fingerprint density at radius 3 is 2.74 bits per heavy atom. The van der Waals surface area contributed by atoms with Gasteiger partial charge >= 0.3 is 0 Å². The van der Waals surface area contributed by atoms with Gasteiger partial charge in [-0.3, -0.25) is 4.79 Å². The Labute approximate surface area is 155 Å². The molecule has 1 unspecified atom stereocenters. The Bertz CT molecular complexity index is 1020. The third-order valence-corrected chi connectivity index (χ3v) is 5.44. The van der Waals surface area contributed by atoms with Crippen LogP contribution in [0.2, 0.25) is 0 Å². The van der Waals surface area contributed by atoms with Gasteiger partial charge in [-0.05, 0) is 24.3 Å². The van der Waals surface area contributed by atoms with Gasteiger partial charge in [-0.15, -0.1) is 0 Å². The number of rotatable bonds is 4. The largest absolute Gasteiger partial charge is 0.453 e. The second kappa shape index (κ2) is 7.73. The fraction of sp³-hybridized carbons (Fsp3) is 0.222. The Kier molecular flexibility index (Phi) is 5.39. The number of nitrogens with zero attached hydrogens (tertiary/aromatic N) is 1. The minimum absolute atomic E-state index is 0.0557. The summed E-state index contributed by atoms with van der Waals surface area (Å²) in [5, 5.41) is 11.5. The van der Waals surface area contributed by atoms with E-state index in [4.69, 9.17) is 14.7 Å². The first kappa shape index (κ1) is 18.8. The molecule has 2 aromatic rings. The maximum Gasteiger partial charge on any atom is 0.254 e. The van der Waals surface area contributed by atoms with E-state index in [9.17, 15) is 17.6 Å². The van der Waals surface area contributed by atoms with Crippen LogP contribution in [0.25, 0.3) is 0 Å². The fourth-order valence-corrected chi connectivity index (χ4v) is 3.71. The van der Waals surface area contributed by atoms with Gasteiger partial charge in [-0.25, -0.2) is 12.8 Å². The van der Waals surface area contributed by atoms with Crippen LogP contribution in [-0.4, -0.2) is 38.5 Å². The summed E-state index contributed by atoms with van der Waals surface area (Å²) >= 11 is 0. The van der Waals surface area contributed by atoms with E-state index >= 15 is 0 Å². The van der Waals surface area contributed by atoms with E-state index < -0.39 is 33.4 Å². The molecule has 9 heteroatoms. The maximum atomic E-state index is 14.3. The Hall–Kier alpha value is -2.96. The minimum atomic E-state index is -3.33. The molecule has 1 aliphatic rings. The number of sulfone groups is 1. The van der Waals surface area contributed by atoms with Gasteiger partial charge in [0.05, 0.1) is 23.7 Å². The lowest BCUT2D eigenvalue weighted by atomic mass is 10.2. The Morgan fingerprint density at radius 2 is 2.04 bits per heavy atom. The van der Waals surface area contributed by atoms with Crippen LogP contribution in [0.15, 0.2) is 42.5 Å². The smallest absolute Gasteiger partial charge is 0.254 e. The molecular formula is C18H15FN2O5S. The molecule has 0 aromatic heterocycles. The molecule has 1 atom stereocenters. The lowest BCUT2D eigenvalue weighted by Crippen LogP contribution is -2.42. The molecule has 0 radical (unpaired) electrons. The highest BCUT2D eigenvalue weighted by atomic mass is 32.2. The molecular weight excluding hydrogens is 375 g/mol. The number of nitrogens with one attached hydrogen (secondary N) is 1. The van der Waals surface area contributed by atoms with Gasteiger partial charge in [0.15, 0.2) is 27.5 Å². The summed E-state index contributed by atoms with van der Waals surface area (Å²) in [7, 11) is -3.33. The number of ether oxygens (including phenoxy) is 2. The van der Waals surface area contributed by atoms with Gasteiger partial charge in [0.2, 0.25) is 0 Å². The fourth-order valence-electron chi connectivity index (χ4n) is 2.48. The van der Waals surface area contributed by atoms with Crippen LogP contribution < -0.4 is 10.1 Å². The maximum absolute atomic E-state index is 14.3. The molecule has 3 rings (SSSR count). The van der Waals surface area contributed by atoms with E-state index in [1.54, 1.807) is 18.2 Å². The average Bonchev–Trinajstić information content (AvgIpc) is 2.63. The van der Waals surface area contributed by atoms with E-state index in [1.165, 1.54) is 18.2 Å². The van der Waals surface area contributed by atoms with Crippen molar-refractivity contribution in [2.45, 2.75) is 6.10 Å². The molecule has 1 amide bonds. The summed E-state index contributed by atoms with van der Waals surface area (Å²) in [6.07, 6.45) is -1.13. The number of amides is 1. The Balaban J connectivity index is 1.71. The van der Waals surface area contributed by atoms with Crippen LogP contribution in [0.3, 0.4) is 0 Å². The first-order valence-electron chi connectivity index (χ1n) is 7.97. The second-order valence-electron chi connectivity index (χ2n) is 5.82. The highest BCUT2D eigenvalue weighted by Gasteiger charge is 2.31. The third kappa shape index (κ3) is 4.61. The first-order chi connectivity index (χ1) is 12.9. The number of halogens is 1. The van der Waals surface area contributed by atoms with Gasteiger partial charge in [0.25, 0.3) is 5.91 Å². The summed E-state index contributed by atoms with van der Waals surface area (Å²) < 4.78 is 48.1. The molecule has 1 saturated heterocycles. The number of carbonyl (C=O) groups excluding carboxylic acids is 1. The predicted molar refractivity (Wildman–Crippen MR) is 94.7 cm³/mol. The van der Waals surface area contributed by atoms with Gasteiger partial charge in [0, 0.05) is 11.8 Å². The van der Waals surface area contributed by atoms with E-state index in [2.05, 4.69) is 5.32 Å². The molecule has 140 valence electrons. The van der Waals surface area contributed by atoms with Crippen molar-refractivity contribution in [3.63, 3.8) is 0 Å². The van der Waals surface area contributed by atoms with Gasteiger partial charge in [0.1, 0.15) is 11.8 Å². The summed E-state index contributed by atoms with van der Waals surface area (Å²) in [5.41, 5.74) is 0.384. The van der Waals surface area contributed by atoms with Crippen molar-refractivity contribution < 1.29 is 27.1 Å². The molecule has 1 fully saturated rings. The molecule has 1 heterocycles. The number of benzene rings is 2. The SMILES string of the molecule is N#Cc1ccccc1Oc1ccc(NC(=O)C2CS(=O)(=O)CCO2)cc1F. The first-order valence-corrected chi connectivity index (χ1v) is 9.79. The lowest BCUT2D eigenvalue weighted by Gasteiger charge is -2.22. The topological polar surface area (TPSA) is 105 Å². The van der Waals surface area contributed by atoms with Gasteiger partial charge < -0.3 is 14.8 Å². The van der Waals surface area contributed by atoms with Crippen LogP contribution in [-0.2, 0) is 19.4 Å². The number of hydrogen-bond donors (Lipinski definition) is 1. The third-order valence-electron chi connectivity index (χ3n) is 3.84. The summed E-state index contributed by atoms with van der Waals surface area (Å²) in [6.45, 7) is -0.0557. The van der Waals surface area contributed by atoms with Gasteiger partial charge in [-0.1, -0.05) is 12.1 Å². The standard InChI is InChI=1S/C18H15FN2O5S/c19-14-9-13(21-18(22)17-11-27(23,24)8-7-25-17)5-6-16(14)26-15-4-2-1-3-12(15)10-20/h1-6,9,17H,7-8,11H2,(H,21,22). The molecule has 0 bridgehead atoms. The number of para-hydroxylation sites is 1. The lowest BCUT2D eigenvalue weighted by molar-refractivity contribution is -0.126. The molecule has 0 spiro atoms. The van der Waals surface area contributed by atoms with E-state index in [0.717, 1.165) is 6.07 Å². The number of anilines is 1. The van der Waals surface area contributed by atoms with Crippen LogP contribution in [0.4, 0.5) is 10.1 Å². The number of nitriles is 1. The predicted octanol–water partition coefficient (Wildman–Crippen LogP) is 2.24. The van der Waals surface area contributed by atoms with Gasteiger partial charge in [-0.2, -0.15) is 5.26 Å². The van der Waals surface area contributed by atoms with Crippen molar-refractivity contribution in [1.29, 1.82) is 5.26 Å². The molecule has 2 aromatic carbocycles. The van der Waals surface area contributed by atoms with E-state index in [1.807, 2.05) is 6.07 Å². The summed E-state index contributed by atoms with van der Waals surface area (Å²) in [6, 6.07) is 12.1. The quantitative estimate of drug-likeness (QED) is 0.858. The Morgan fingerprint density at radius 1 is 1.26 bits per heavy atom. The van der Waals surface area contributed by atoms with Crippen molar-refractivity contribution in [3.05, 3.63) is 53.8 Å². The van der Waals surface area contributed by atoms with E-state index in [-0.39, 0.29) is 35.1 Å². The average molecular weight is 390 g/mol. The normalized spacial score (nSPS) is 18.3. The zero-order chi connectivity index (χ0) is 19.4. The number of hydrogen-bond acceptors (Lipinski definition) is 6. The monoisotopic (exact) mass is 390 g/mol. The van der Waals surface area contributed by atoms with E-state index in [0.29, 0.717) is 0 Å². The number of carbonyl (C=O) groups is 1. The highest BCUT2D eigenvalue weighted by molar-refractivity contribution is 7.91. The zero-order valence-corrected chi connectivity index (χ0v) is 14.8. The van der Waals surface area contributed by atoms with Crippen molar-refractivity contribution in [3.8, 4) is 17.6 Å². The second-order valence-corrected chi connectivity index (χ2v) is 8.05. The van der Waals surface area contributed by atoms with Crippen molar-refractivity contribution in [2.75, 3.05) is 23.4 Å². The molecule has 7 nitrogen and oxygen atoms in total. The van der Waals surface area contributed by atoms with Crippen molar-refractivity contribution in [2.24, 2.45) is 0 Å². The van der Waals surface area contributed by atoms with Crippen LogP contribution >= 0.6 is 0 Å². The molecule has 1 aliphatic heterocycles. The molecule has 1 N–H and O–H groups in total. The molecule has 0 saturated carbocycles. The highest BCUT2D eigenvalue weighted by Crippen LogP contribution is 2.29. The summed E-state index contributed by atoms with van der Waals surface area (Å²) in [5.74, 6) is -1.86. The molecule has 0 aliphatic carbocycles. The van der Waals surface area contributed by atoms with Crippen LogP contribution in [0.1, 0.15) is 5.56 Å².